The van der Waals surface area contributed by atoms with E-state index in [-0.39, 0.29) is 17.9 Å². The van der Waals surface area contributed by atoms with Gasteiger partial charge in [-0.2, -0.15) is 5.10 Å². The third kappa shape index (κ3) is 3.59. The number of fused-ring (bicyclic) bond motifs is 1. The molecule has 3 rings (SSSR count). The Kier molecular flexibility index (Phi) is 5.20. The number of nitrogens with zero attached hydrogens (tertiary/aromatic N) is 4. The SMILES string of the molecule is CCOC(Cn1cnc2c(cnn2-c2ccc(F)cc2)c1=O)OCC. The number of hydrogen-bond acceptors (Lipinski definition) is 5. The number of rotatable bonds is 7. The molecule has 0 saturated heterocycles. The summed E-state index contributed by atoms with van der Waals surface area (Å²) in [6.07, 6.45) is 2.39. The van der Waals surface area contributed by atoms with Crippen LogP contribution in [-0.2, 0) is 16.0 Å². The van der Waals surface area contributed by atoms with Gasteiger partial charge in [-0.1, -0.05) is 0 Å². The van der Waals surface area contributed by atoms with Crippen LogP contribution in [-0.4, -0.2) is 38.8 Å². The minimum atomic E-state index is -0.515. The second kappa shape index (κ2) is 7.54. The van der Waals surface area contributed by atoms with E-state index in [2.05, 4.69) is 10.1 Å². The molecule has 0 aliphatic rings. The average molecular weight is 346 g/mol. The highest BCUT2D eigenvalue weighted by Crippen LogP contribution is 2.14. The van der Waals surface area contributed by atoms with Crippen molar-refractivity contribution < 1.29 is 13.9 Å². The van der Waals surface area contributed by atoms with Gasteiger partial charge in [-0.15, -0.1) is 0 Å². The van der Waals surface area contributed by atoms with Crippen LogP contribution >= 0.6 is 0 Å². The number of hydrogen-bond donors (Lipinski definition) is 0. The van der Waals surface area contributed by atoms with Gasteiger partial charge in [-0.25, -0.2) is 14.1 Å². The molecule has 7 nitrogen and oxygen atoms in total. The maximum Gasteiger partial charge on any atom is 0.264 e. The summed E-state index contributed by atoms with van der Waals surface area (Å²) in [5.74, 6) is -0.339. The quantitative estimate of drug-likeness (QED) is 0.613. The van der Waals surface area contributed by atoms with Gasteiger partial charge in [0, 0.05) is 13.2 Å². The zero-order valence-corrected chi connectivity index (χ0v) is 14.1. The van der Waals surface area contributed by atoms with Crippen molar-refractivity contribution in [2.75, 3.05) is 13.2 Å². The summed E-state index contributed by atoms with van der Waals surface area (Å²) in [5, 5.41) is 4.58. The molecule has 0 unspecified atom stereocenters. The van der Waals surface area contributed by atoms with Crippen molar-refractivity contribution >= 4 is 11.0 Å². The topological polar surface area (TPSA) is 71.2 Å². The lowest BCUT2D eigenvalue weighted by atomic mass is 10.3. The first kappa shape index (κ1) is 17.2. The molecule has 0 amide bonds. The Balaban J connectivity index is 1.96. The molecule has 0 N–H and O–H groups in total. The summed E-state index contributed by atoms with van der Waals surface area (Å²) in [4.78, 5) is 17.0. The molecule has 0 spiro atoms. The lowest BCUT2D eigenvalue weighted by Crippen LogP contribution is -2.30. The van der Waals surface area contributed by atoms with E-state index in [0.29, 0.717) is 29.9 Å². The van der Waals surface area contributed by atoms with E-state index in [1.54, 1.807) is 12.1 Å². The standard InChI is InChI=1S/C17H19FN4O3/c1-3-24-15(25-4-2)10-21-11-19-16-14(17(21)23)9-20-22(16)13-7-5-12(18)6-8-13/h5-9,11,15H,3-4,10H2,1-2H3. The van der Waals surface area contributed by atoms with Crippen molar-refractivity contribution in [3.8, 4) is 5.69 Å². The van der Waals surface area contributed by atoms with Crippen LogP contribution in [0, 0.1) is 5.82 Å². The Hall–Kier alpha value is -2.58. The Labute approximate surface area is 143 Å². The minimum absolute atomic E-state index is 0.234. The van der Waals surface area contributed by atoms with Crippen molar-refractivity contribution in [2.24, 2.45) is 0 Å². The molecule has 2 aromatic heterocycles. The van der Waals surface area contributed by atoms with E-state index in [0.717, 1.165) is 0 Å². The van der Waals surface area contributed by atoms with Crippen molar-refractivity contribution in [1.29, 1.82) is 0 Å². The molecule has 0 saturated carbocycles. The second-order valence-corrected chi connectivity index (χ2v) is 5.31. The highest BCUT2D eigenvalue weighted by atomic mass is 19.1. The van der Waals surface area contributed by atoms with Gasteiger partial charge in [0.1, 0.15) is 17.5 Å². The fourth-order valence-corrected chi connectivity index (χ4v) is 2.54. The molecule has 0 radical (unpaired) electrons. The van der Waals surface area contributed by atoms with Gasteiger partial charge < -0.3 is 9.47 Å². The summed E-state index contributed by atoms with van der Waals surface area (Å²) < 4.78 is 27.0. The van der Waals surface area contributed by atoms with Crippen LogP contribution in [0.3, 0.4) is 0 Å². The summed E-state index contributed by atoms with van der Waals surface area (Å²) in [5.41, 5.74) is 0.808. The van der Waals surface area contributed by atoms with Crippen molar-refractivity contribution in [1.82, 2.24) is 19.3 Å². The maximum atomic E-state index is 13.1. The molecule has 8 heteroatoms. The first-order valence-corrected chi connectivity index (χ1v) is 8.06. The molecule has 1 aromatic carbocycles. The Bertz CT molecular complexity index is 898. The number of aromatic nitrogens is 4. The monoisotopic (exact) mass is 346 g/mol. The first-order valence-electron chi connectivity index (χ1n) is 8.06. The van der Waals surface area contributed by atoms with Crippen LogP contribution in [0.15, 0.2) is 41.6 Å². The van der Waals surface area contributed by atoms with Gasteiger partial charge in [0.25, 0.3) is 5.56 Å². The van der Waals surface area contributed by atoms with E-state index < -0.39 is 6.29 Å². The highest BCUT2D eigenvalue weighted by Gasteiger charge is 2.15. The Morgan fingerprint density at radius 2 is 1.84 bits per heavy atom. The van der Waals surface area contributed by atoms with Gasteiger partial charge in [0.2, 0.25) is 0 Å². The first-order chi connectivity index (χ1) is 12.1. The number of ether oxygens (including phenoxy) is 2. The maximum absolute atomic E-state index is 13.1. The molecular weight excluding hydrogens is 327 g/mol. The molecule has 0 atom stereocenters. The summed E-state index contributed by atoms with van der Waals surface area (Å²) in [6.45, 7) is 4.94. The summed E-state index contributed by atoms with van der Waals surface area (Å²) in [7, 11) is 0. The Morgan fingerprint density at radius 3 is 2.48 bits per heavy atom. The van der Waals surface area contributed by atoms with E-state index in [4.69, 9.17) is 9.47 Å². The molecule has 3 aromatic rings. The third-order valence-electron chi connectivity index (χ3n) is 3.68. The predicted molar refractivity (Wildman–Crippen MR) is 90.1 cm³/mol. The van der Waals surface area contributed by atoms with E-state index >= 15 is 0 Å². The zero-order chi connectivity index (χ0) is 17.8. The lowest BCUT2D eigenvalue weighted by molar-refractivity contribution is -0.144. The molecule has 2 heterocycles. The molecule has 25 heavy (non-hydrogen) atoms. The van der Waals surface area contributed by atoms with Crippen LogP contribution < -0.4 is 5.56 Å². The van der Waals surface area contributed by atoms with Crippen LogP contribution in [0.2, 0.25) is 0 Å². The van der Waals surface area contributed by atoms with Crippen molar-refractivity contribution in [3.05, 3.63) is 53.0 Å². The molecule has 0 aliphatic carbocycles. The molecule has 0 bridgehead atoms. The highest BCUT2D eigenvalue weighted by molar-refractivity contribution is 5.74. The van der Waals surface area contributed by atoms with E-state index in [1.165, 1.54) is 33.9 Å². The summed E-state index contributed by atoms with van der Waals surface area (Å²) in [6, 6.07) is 5.82. The lowest BCUT2D eigenvalue weighted by Gasteiger charge is -2.17. The molecule has 132 valence electrons. The fraction of sp³-hybridized carbons (Fsp3) is 0.353. The van der Waals surface area contributed by atoms with Gasteiger partial charge in [0.15, 0.2) is 11.9 Å². The summed E-state index contributed by atoms with van der Waals surface area (Å²) >= 11 is 0. The molecular formula is C17H19FN4O3. The van der Waals surface area contributed by atoms with Crippen molar-refractivity contribution in [3.63, 3.8) is 0 Å². The molecule has 0 fully saturated rings. The van der Waals surface area contributed by atoms with Crippen LogP contribution in [0.4, 0.5) is 4.39 Å². The molecule has 0 aliphatic heterocycles. The van der Waals surface area contributed by atoms with Crippen LogP contribution in [0.5, 0.6) is 0 Å². The van der Waals surface area contributed by atoms with Crippen molar-refractivity contribution in [2.45, 2.75) is 26.7 Å². The zero-order valence-electron chi connectivity index (χ0n) is 14.1. The van der Waals surface area contributed by atoms with Crippen LogP contribution in [0.1, 0.15) is 13.8 Å². The van der Waals surface area contributed by atoms with Crippen LogP contribution in [0.25, 0.3) is 16.7 Å². The second-order valence-electron chi connectivity index (χ2n) is 5.31. The Morgan fingerprint density at radius 1 is 1.16 bits per heavy atom. The van der Waals surface area contributed by atoms with Gasteiger partial charge >= 0.3 is 0 Å². The number of halogens is 1. The largest absolute Gasteiger partial charge is 0.351 e. The van der Waals surface area contributed by atoms with Gasteiger partial charge in [0.05, 0.1) is 18.4 Å². The van der Waals surface area contributed by atoms with Gasteiger partial charge in [-0.05, 0) is 38.1 Å². The number of benzene rings is 1. The minimum Gasteiger partial charge on any atom is -0.351 e. The third-order valence-corrected chi connectivity index (χ3v) is 3.68. The normalized spacial score (nSPS) is 11.5. The average Bonchev–Trinajstić information content (AvgIpc) is 3.03. The van der Waals surface area contributed by atoms with E-state index in [9.17, 15) is 9.18 Å². The smallest absolute Gasteiger partial charge is 0.264 e. The van der Waals surface area contributed by atoms with Gasteiger partial charge in [-0.3, -0.25) is 9.36 Å². The van der Waals surface area contributed by atoms with E-state index in [1.807, 2.05) is 13.8 Å². The predicted octanol–water partition coefficient (Wildman–Crippen LogP) is 2.12. The fourth-order valence-electron chi connectivity index (χ4n) is 2.54.